The Hall–Kier alpha value is -2.69. The lowest BCUT2D eigenvalue weighted by Gasteiger charge is -2.33. The van der Waals surface area contributed by atoms with Crippen LogP contribution in [-0.2, 0) is 13.5 Å². The van der Waals surface area contributed by atoms with E-state index in [1.165, 1.54) is 11.1 Å². The Morgan fingerprint density at radius 3 is 2.78 bits per heavy atom. The molecule has 0 bridgehead atoms. The highest BCUT2D eigenvalue weighted by molar-refractivity contribution is 6.05. The van der Waals surface area contributed by atoms with Crippen molar-refractivity contribution in [3.8, 4) is 0 Å². The largest absolute Gasteiger partial charge is 0.338 e. The summed E-state index contributed by atoms with van der Waals surface area (Å²) in [6, 6.07) is 10.8. The van der Waals surface area contributed by atoms with Crippen molar-refractivity contribution >= 4 is 16.9 Å². The normalized spacial score (nSPS) is 17.4. The first-order valence-corrected chi connectivity index (χ1v) is 9.74. The third-order valence-electron chi connectivity index (χ3n) is 5.63. The molecule has 5 nitrogen and oxygen atoms in total. The molecular weight excluding hydrogens is 336 g/mol. The minimum absolute atomic E-state index is 0.0911. The molecule has 27 heavy (non-hydrogen) atoms. The van der Waals surface area contributed by atoms with Gasteiger partial charge in [0.15, 0.2) is 5.65 Å². The summed E-state index contributed by atoms with van der Waals surface area (Å²) in [6.45, 7) is 5.68. The maximum Gasteiger partial charge on any atom is 0.254 e. The first kappa shape index (κ1) is 17.7. The van der Waals surface area contributed by atoms with Crippen molar-refractivity contribution in [2.24, 2.45) is 7.05 Å². The fraction of sp³-hybridized carbons (Fsp3) is 0.409. The van der Waals surface area contributed by atoms with Gasteiger partial charge in [0.1, 0.15) is 0 Å². The van der Waals surface area contributed by atoms with E-state index in [-0.39, 0.29) is 5.91 Å². The molecule has 1 fully saturated rings. The van der Waals surface area contributed by atoms with Crippen LogP contribution in [0.4, 0.5) is 0 Å². The van der Waals surface area contributed by atoms with Crippen LogP contribution in [0.25, 0.3) is 11.0 Å². The Morgan fingerprint density at radius 1 is 1.26 bits per heavy atom. The minimum atomic E-state index is 0.0911. The van der Waals surface area contributed by atoms with Crippen molar-refractivity contribution in [1.29, 1.82) is 0 Å². The van der Waals surface area contributed by atoms with Crippen molar-refractivity contribution in [3.05, 3.63) is 58.9 Å². The molecule has 0 saturated carbocycles. The molecule has 0 aliphatic carbocycles. The molecule has 5 heteroatoms. The van der Waals surface area contributed by atoms with Crippen molar-refractivity contribution in [2.45, 2.75) is 39.0 Å². The predicted molar refractivity (Wildman–Crippen MR) is 107 cm³/mol. The Labute approximate surface area is 160 Å². The van der Waals surface area contributed by atoms with E-state index in [4.69, 9.17) is 0 Å². The third kappa shape index (κ3) is 3.34. The predicted octanol–water partition coefficient (Wildman–Crippen LogP) is 3.86. The van der Waals surface area contributed by atoms with Crippen LogP contribution >= 0.6 is 0 Å². The number of benzene rings is 1. The summed E-state index contributed by atoms with van der Waals surface area (Å²) in [5, 5.41) is 5.12. The molecule has 0 N–H and O–H groups in total. The highest BCUT2D eigenvalue weighted by atomic mass is 16.2. The van der Waals surface area contributed by atoms with Crippen LogP contribution in [0.15, 0.2) is 36.5 Å². The van der Waals surface area contributed by atoms with Crippen LogP contribution < -0.4 is 0 Å². The zero-order chi connectivity index (χ0) is 19.0. The van der Waals surface area contributed by atoms with Gasteiger partial charge in [0.05, 0.1) is 17.1 Å². The van der Waals surface area contributed by atoms with E-state index in [0.717, 1.165) is 49.1 Å². The number of hydrogen-bond donors (Lipinski definition) is 0. The van der Waals surface area contributed by atoms with E-state index in [2.05, 4.69) is 41.3 Å². The highest BCUT2D eigenvalue weighted by Crippen LogP contribution is 2.29. The van der Waals surface area contributed by atoms with Gasteiger partial charge in [-0.25, -0.2) is 4.98 Å². The number of nitrogens with zero attached hydrogens (tertiary/aromatic N) is 4. The van der Waals surface area contributed by atoms with Crippen LogP contribution in [0.3, 0.4) is 0 Å². The number of carbonyl (C=O) groups excluding carboxylic acids is 1. The second kappa shape index (κ2) is 7.14. The summed E-state index contributed by atoms with van der Waals surface area (Å²) in [5.41, 5.74) is 5.02. The number of pyridine rings is 1. The molecule has 0 radical (unpaired) electrons. The number of piperidine rings is 1. The summed E-state index contributed by atoms with van der Waals surface area (Å²) >= 11 is 0. The number of aromatic nitrogens is 3. The minimum Gasteiger partial charge on any atom is -0.338 e. The van der Waals surface area contributed by atoms with Gasteiger partial charge in [-0.3, -0.25) is 9.48 Å². The summed E-state index contributed by atoms with van der Waals surface area (Å²) in [7, 11) is 1.86. The van der Waals surface area contributed by atoms with Gasteiger partial charge >= 0.3 is 0 Å². The fourth-order valence-corrected chi connectivity index (χ4v) is 4.05. The van der Waals surface area contributed by atoms with E-state index in [1.54, 1.807) is 10.9 Å². The number of rotatable bonds is 3. The average Bonchev–Trinajstić information content (AvgIpc) is 3.07. The number of carbonyl (C=O) groups is 1. The van der Waals surface area contributed by atoms with Crippen molar-refractivity contribution in [2.75, 3.05) is 13.1 Å². The molecule has 1 unspecified atom stereocenters. The molecule has 0 spiro atoms. The van der Waals surface area contributed by atoms with Crippen LogP contribution in [-0.4, -0.2) is 38.7 Å². The Bertz CT molecular complexity index is 974. The summed E-state index contributed by atoms with van der Waals surface area (Å²) in [6.07, 6.45) is 4.97. The van der Waals surface area contributed by atoms with Gasteiger partial charge in [0.2, 0.25) is 0 Å². The van der Waals surface area contributed by atoms with Gasteiger partial charge in [-0.2, -0.15) is 5.10 Å². The molecule has 3 aromatic rings. The van der Waals surface area contributed by atoms with E-state index >= 15 is 0 Å². The van der Waals surface area contributed by atoms with Gasteiger partial charge in [-0.15, -0.1) is 0 Å². The summed E-state index contributed by atoms with van der Waals surface area (Å²) < 4.78 is 1.73. The molecule has 3 heterocycles. The second-order valence-electron chi connectivity index (χ2n) is 7.50. The quantitative estimate of drug-likeness (QED) is 0.711. The molecule has 1 aromatic carbocycles. The molecule has 140 valence electrons. The number of likely N-dealkylation sites (tertiary alicyclic amines) is 1. The van der Waals surface area contributed by atoms with Gasteiger partial charge < -0.3 is 4.90 Å². The maximum absolute atomic E-state index is 13.3. The van der Waals surface area contributed by atoms with Crippen molar-refractivity contribution < 1.29 is 4.79 Å². The Morgan fingerprint density at radius 2 is 2.04 bits per heavy atom. The molecule has 1 amide bonds. The van der Waals surface area contributed by atoms with Gasteiger partial charge in [-0.05, 0) is 43.4 Å². The van der Waals surface area contributed by atoms with Gasteiger partial charge in [0.25, 0.3) is 5.91 Å². The summed E-state index contributed by atoms with van der Waals surface area (Å²) in [4.78, 5) is 19.8. The number of hydrogen-bond acceptors (Lipinski definition) is 3. The van der Waals surface area contributed by atoms with E-state index < -0.39 is 0 Å². The van der Waals surface area contributed by atoms with E-state index in [9.17, 15) is 4.79 Å². The number of aryl methyl sites for hydroxylation is 3. The maximum atomic E-state index is 13.3. The number of amides is 1. The smallest absolute Gasteiger partial charge is 0.254 e. The first-order chi connectivity index (χ1) is 13.1. The van der Waals surface area contributed by atoms with E-state index in [1.807, 2.05) is 24.9 Å². The molecule has 1 atom stereocenters. The molecular formula is C22H26N4O. The van der Waals surface area contributed by atoms with Crippen molar-refractivity contribution in [1.82, 2.24) is 19.7 Å². The average molecular weight is 362 g/mol. The Balaban J connectivity index is 1.60. The fourth-order valence-electron chi connectivity index (χ4n) is 4.05. The lowest BCUT2D eigenvalue weighted by molar-refractivity contribution is 0.0709. The molecule has 1 saturated heterocycles. The van der Waals surface area contributed by atoms with Crippen LogP contribution in [0.5, 0.6) is 0 Å². The van der Waals surface area contributed by atoms with Crippen LogP contribution in [0, 0.1) is 6.92 Å². The highest BCUT2D eigenvalue weighted by Gasteiger charge is 2.27. The van der Waals surface area contributed by atoms with Crippen LogP contribution in [0.1, 0.15) is 52.9 Å². The molecule has 1 aliphatic rings. The Kier molecular flexibility index (Phi) is 4.68. The molecule has 4 rings (SSSR count). The van der Waals surface area contributed by atoms with Crippen LogP contribution in [0.2, 0.25) is 0 Å². The molecule has 2 aromatic heterocycles. The summed E-state index contributed by atoms with van der Waals surface area (Å²) in [5.74, 6) is 0.495. The van der Waals surface area contributed by atoms with Crippen molar-refractivity contribution in [3.63, 3.8) is 0 Å². The lowest BCUT2D eigenvalue weighted by Crippen LogP contribution is -2.39. The van der Waals surface area contributed by atoms with Gasteiger partial charge in [0, 0.05) is 31.7 Å². The zero-order valence-electron chi connectivity index (χ0n) is 16.3. The topological polar surface area (TPSA) is 51.0 Å². The third-order valence-corrected chi connectivity index (χ3v) is 5.63. The lowest BCUT2D eigenvalue weighted by atomic mass is 9.89. The zero-order valence-corrected chi connectivity index (χ0v) is 16.3. The standard InChI is InChI=1S/C22H26N4O/c1-4-16-7-9-17(10-8-16)18-6-5-11-26(14-18)22(27)19-12-15(2)24-21-20(19)13-23-25(21)3/h7-10,12-13,18H,4-6,11,14H2,1-3H3. The van der Waals surface area contributed by atoms with Gasteiger partial charge in [-0.1, -0.05) is 31.2 Å². The van der Waals surface area contributed by atoms with E-state index in [0.29, 0.717) is 11.5 Å². The SMILES string of the molecule is CCc1ccc(C2CCCN(C(=O)c3cc(C)nc4c3cnn4C)C2)cc1. The molecule has 1 aliphatic heterocycles. The number of fused-ring (bicyclic) bond motifs is 1. The monoisotopic (exact) mass is 362 g/mol. The first-order valence-electron chi connectivity index (χ1n) is 9.74. The second-order valence-corrected chi connectivity index (χ2v) is 7.50.